The van der Waals surface area contributed by atoms with E-state index in [2.05, 4.69) is 17.1 Å². The summed E-state index contributed by atoms with van der Waals surface area (Å²) < 4.78 is 0. The molecule has 0 heterocycles. The standard InChI is InChI=1S/C16H17N3O2S/c17-16(18-11-10-13-4-2-1-3-5-13)22-12-14-6-8-15(9-7-14)19(20)21/h1-9H,10-12H2,(H2,17,18). The number of thioether (sulfide) groups is 1. The first-order chi connectivity index (χ1) is 10.6. The van der Waals surface area contributed by atoms with Crippen molar-refractivity contribution in [3.05, 3.63) is 75.8 Å². The Labute approximate surface area is 133 Å². The number of aliphatic imine (C=N–C) groups is 1. The predicted octanol–water partition coefficient (Wildman–Crippen LogP) is 3.39. The maximum Gasteiger partial charge on any atom is 0.269 e. The van der Waals surface area contributed by atoms with Crippen molar-refractivity contribution < 1.29 is 4.92 Å². The van der Waals surface area contributed by atoms with Gasteiger partial charge < -0.3 is 5.73 Å². The summed E-state index contributed by atoms with van der Waals surface area (Å²) >= 11 is 1.44. The second-order valence-corrected chi connectivity index (χ2v) is 5.66. The Morgan fingerprint density at radius 2 is 1.77 bits per heavy atom. The van der Waals surface area contributed by atoms with Crippen molar-refractivity contribution in [2.24, 2.45) is 10.7 Å². The number of nitro groups is 1. The third-order valence-corrected chi connectivity index (χ3v) is 3.95. The van der Waals surface area contributed by atoms with Crippen LogP contribution in [0.4, 0.5) is 5.69 Å². The van der Waals surface area contributed by atoms with Crippen molar-refractivity contribution in [1.82, 2.24) is 0 Å². The summed E-state index contributed by atoms with van der Waals surface area (Å²) in [6, 6.07) is 16.6. The van der Waals surface area contributed by atoms with E-state index in [9.17, 15) is 10.1 Å². The van der Waals surface area contributed by atoms with Crippen molar-refractivity contribution in [2.45, 2.75) is 12.2 Å². The SMILES string of the molecule is NC(=NCCc1ccccc1)SCc1ccc([N+](=O)[O-])cc1. The molecule has 0 aromatic heterocycles. The Kier molecular flexibility index (Phi) is 5.97. The molecule has 2 aromatic rings. The lowest BCUT2D eigenvalue weighted by molar-refractivity contribution is -0.384. The highest BCUT2D eigenvalue weighted by Gasteiger charge is 2.04. The number of hydrogen-bond donors (Lipinski definition) is 1. The minimum Gasteiger partial charge on any atom is -0.379 e. The third-order valence-electron chi connectivity index (χ3n) is 3.04. The van der Waals surface area contributed by atoms with Crippen molar-refractivity contribution >= 4 is 22.6 Å². The first-order valence-corrected chi connectivity index (χ1v) is 7.83. The van der Waals surface area contributed by atoms with E-state index >= 15 is 0 Å². The summed E-state index contributed by atoms with van der Waals surface area (Å²) in [5.41, 5.74) is 8.18. The molecule has 2 rings (SSSR count). The number of non-ortho nitro benzene ring substituents is 1. The normalized spacial score (nSPS) is 11.4. The fraction of sp³-hybridized carbons (Fsp3) is 0.188. The Morgan fingerprint density at radius 1 is 1.09 bits per heavy atom. The van der Waals surface area contributed by atoms with Crippen LogP contribution in [0.2, 0.25) is 0 Å². The van der Waals surface area contributed by atoms with Crippen molar-refractivity contribution in [3.8, 4) is 0 Å². The maximum absolute atomic E-state index is 10.6. The van der Waals surface area contributed by atoms with Crippen LogP contribution in [0.1, 0.15) is 11.1 Å². The van der Waals surface area contributed by atoms with Gasteiger partial charge in [-0.3, -0.25) is 15.1 Å². The molecule has 0 bridgehead atoms. The minimum absolute atomic E-state index is 0.0956. The smallest absolute Gasteiger partial charge is 0.269 e. The highest BCUT2D eigenvalue weighted by molar-refractivity contribution is 8.13. The van der Waals surface area contributed by atoms with E-state index in [0.29, 0.717) is 17.5 Å². The van der Waals surface area contributed by atoms with Gasteiger partial charge in [0.2, 0.25) is 0 Å². The molecule has 5 nitrogen and oxygen atoms in total. The van der Waals surface area contributed by atoms with Gasteiger partial charge in [0, 0.05) is 24.4 Å². The zero-order valence-corrected chi connectivity index (χ0v) is 12.8. The highest BCUT2D eigenvalue weighted by atomic mass is 32.2. The topological polar surface area (TPSA) is 81.5 Å². The average molecular weight is 315 g/mol. The van der Waals surface area contributed by atoms with Gasteiger partial charge in [-0.15, -0.1) is 0 Å². The van der Waals surface area contributed by atoms with E-state index in [0.717, 1.165) is 12.0 Å². The summed E-state index contributed by atoms with van der Waals surface area (Å²) in [6.45, 7) is 0.656. The van der Waals surface area contributed by atoms with Gasteiger partial charge in [0.25, 0.3) is 5.69 Å². The maximum atomic E-state index is 10.6. The fourth-order valence-corrected chi connectivity index (χ4v) is 2.55. The van der Waals surface area contributed by atoms with Crippen molar-refractivity contribution in [1.29, 1.82) is 0 Å². The molecule has 0 unspecified atom stereocenters. The van der Waals surface area contributed by atoms with Crippen LogP contribution in [0, 0.1) is 10.1 Å². The Morgan fingerprint density at radius 3 is 2.41 bits per heavy atom. The first-order valence-electron chi connectivity index (χ1n) is 6.85. The lowest BCUT2D eigenvalue weighted by atomic mass is 10.2. The predicted molar refractivity (Wildman–Crippen MR) is 91.0 cm³/mol. The Hall–Kier alpha value is -2.34. The summed E-state index contributed by atoms with van der Waals surface area (Å²) in [6.07, 6.45) is 0.861. The highest BCUT2D eigenvalue weighted by Crippen LogP contribution is 2.16. The molecule has 0 spiro atoms. The first kappa shape index (κ1) is 16.0. The van der Waals surface area contributed by atoms with E-state index in [4.69, 9.17) is 5.73 Å². The molecule has 0 saturated heterocycles. The van der Waals surface area contributed by atoms with Crippen LogP contribution in [-0.4, -0.2) is 16.6 Å². The lowest BCUT2D eigenvalue weighted by Gasteiger charge is -2.02. The fourth-order valence-electron chi connectivity index (χ4n) is 1.86. The summed E-state index contributed by atoms with van der Waals surface area (Å²) in [4.78, 5) is 14.5. The molecule has 0 fully saturated rings. The molecular weight excluding hydrogens is 298 g/mol. The molecule has 0 aliphatic carbocycles. The van der Waals surface area contributed by atoms with Gasteiger partial charge in [0.05, 0.1) is 4.92 Å². The van der Waals surface area contributed by atoms with Crippen LogP contribution in [0.15, 0.2) is 59.6 Å². The van der Waals surface area contributed by atoms with Crippen LogP contribution >= 0.6 is 11.8 Å². The molecule has 2 aromatic carbocycles. The van der Waals surface area contributed by atoms with E-state index in [1.165, 1.54) is 29.5 Å². The molecule has 6 heteroatoms. The summed E-state index contributed by atoms with van der Waals surface area (Å²) in [5, 5.41) is 11.1. The van der Waals surface area contributed by atoms with E-state index in [1.54, 1.807) is 12.1 Å². The molecule has 114 valence electrons. The molecule has 2 N–H and O–H groups in total. The summed E-state index contributed by atoms with van der Waals surface area (Å²) in [5.74, 6) is 0.651. The van der Waals surface area contributed by atoms with Crippen LogP contribution in [0.25, 0.3) is 0 Å². The number of hydrogen-bond acceptors (Lipinski definition) is 4. The number of benzene rings is 2. The monoisotopic (exact) mass is 315 g/mol. The van der Waals surface area contributed by atoms with Gasteiger partial charge in [-0.1, -0.05) is 54.2 Å². The zero-order chi connectivity index (χ0) is 15.8. The molecule has 0 atom stereocenters. The van der Waals surface area contributed by atoms with E-state index in [1.807, 2.05) is 18.2 Å². The van der Waals surface area contributed by atoms with Gasteiger partial charge >= 0.3 is 0 Å². The molecule has 22 heavy (non-hydrogen) atoms. The minimum atomic E-state index is -0.406. The quantitative estimate of drug-likeness (QED) is 0.383. The van der Waals surface area contributed by atoms with E-state index < -0.39 is 4.92 Å². The third kappa shape index (κ3) is 5.21. The lowest BCUT2D eigenvalue weighted by Crippen LogP contribution is -2.08. The summed E-state index contributed by atoms with van der Waals surface area (Å²) in [7, 11) is 0. The molecule has 0 aliphatic heterocycles. The largest absolute Gasteiger partial charge is 0.379 e. The van der Waals surface area contributed by atoms with Crippen molar-refractivity contribution in [2.75, 3.05) is 6.54 Å². The molecular formula is C16H17N3O2S. The van der Waals surface area contributed by atoms with Crippen molar-refractivity contribution in [3.63, 3.8) is 0 Å². The van der Waals surface area contributed by atoms with Crippen LogP contribution in [0.3, 0.4) is 0 Å². The number of amidine groups is 1. The van der Waals surface area contributed by atoms with Crippen LogP contribution < -0.4 is 5.73 Å². The van der Waals surface area contributed by atoms with Gasteiger partial charge in [-0.2, -0.15) is 0 Å². The second-order valence-electron chi connectivity index (χ2n) is 4.67. The van der Waals surface area contributed by atoms with Gasteiger partial charge in [-0.25, -0.2) is 0 Å². The Bertz CT molecular complexity index is 642. The molecule has 0 radical (unpaired) electrons. The number of nitrogens with two attached hydrogens (primary N) is 1. The molecule has 0 amide bonds. The Balaban J connectivity index is 1.78. The van der Waals surface area contributed by atoms with Gasteiger partial charge in [0.1, 0.15) is 0 Å². The number of nitro benzene ring substituents is 1. The molecule has 0 saturated carbocycles. The van der Waals surface area contributed by atoms with Gasteiger partial charge in [-0.05, 0) is 17.5 Å². The average Bonchev–Trinajstić information content (AvgIpc) is 2.54. The van der Waals surface area contributed by atoms with E-state index in [-0.39, 0.29) is 5.69 Å². The van der Waals surface area contributed by atoms with Crippen LogP contribution in [-0.2, 0) is 12.2 Å². The van der Waals surface area contributed by atoms with Gasteiger partial charge in [0.15, 0.2) is 5.17 Å². The molecule has 0 aliphatic rings. The number of nitrogens with zero attached hydrogens (tertiary/aromatic N) is 2. The van der Waals surface area contributed by atoms with Crippen LogP contribution in [0.5, 0.6) is 0 Å². The number of rotatable bonds is 6. The zero-order valence-electron chi connectivity index (χ0n) is 12.0. The second kappa shape index (κ2) is 8.19.